The molecule has 1 aromatic heterocycles. The monoisotopic (exact) mass is 472 g/mol. The van der Waals surface area contributed by atoms with E-state index in [1.807, 2.05) is 18.3 Å². The average molecular weight is 473 g/mol. The van der Waals surface area contributed by atoms with Crippen molar-refractivity contribution in [2.24, 2.45) is 4.99 Å². The Balaban J connectivity index is 1.45. The maximum Gasteiger partial charge on any atom is 0.197 e. The van der Waals surface area contributed by atoms with Gasteiger partial charge in [0, 0.05) is 33.2 Å². The number of benzene rings is 3. The Morgan fingerprint density at radius 2 is 1.57 bits per heavy atom. The van der Waals surface area contributed by atoms with Crippen LogP contribution < -0.4 is 4.90 Å². The van der Waals surface area contributed by atoms with E-state index in [-0.39, 0.29) is 22.6 Å². The molecule has 0 fully saturated rings. The van der Waals surface area contributed by atoms with Crippen LogP contribution in [-0.2, 0) is 5.41 Å². The number of carbonyl (C=O) groups excluding carboxylic acids is 2. The van der Waals surface area contributed by atoms with Gasteiger partial charge in [-0.25, -0.2) is 0 Å². The summed E-state index contributed by atoms with van der Waals surface area (Å²) in [7, 11) is 0. The van der Waals surface area contributed by atoms with Gasteiger partial charge in [0.2, 0.25) is 0 Å². The van der Waals surface area contributed by atoms with Crippen molar-refractivity contribution in [3.05, 3.63) is 111 Å². The van der Waals surface area contributed by atoms with Crippen LogP contribution in [0.2, 0.25) is 0 Å². The number of anilines is 3. The number of Topliss-reactive ketones (excluding diaryl/α,β-unsaturated/α-hetero) is 2. The van der Waals surface area contributed by atoms with Gasteiger partial charge in [-0.1, -0.05) is 68.4 Å². The number of thiophene rings is 1. The standard InChI is InChI=1S/C30H20N2O2S/c1-30(2)22-11-7-12-24-26(22)32(25-13-6-3-8-17(25)16-31-24)29-23(30)15-18(35-29)14-21-27(33)19-9-4-5-10-20(19)28(21)34/h3-16H,1-2H3. The molecule has 0 saturated carbocycles. The second kappa shape index (κ2) is 6.96. The molecule has 5 heteroatoms. The van der Waals surface area contributed by atoms with E-state index >= 15 is 0 Å². The lowest BCUT2D eigenvalue weighted by atomic mass is 9.75. The van der Waals surface area contributed by atoms with Crippen molar-refractivity contribution in [1.82, 2.24) is 0 Å². The number of para-hydroxylation sites is 2. The van der Waals surface area contributed by atoms with Gasteiger partial charge in [-0.2, -0.15) is 0 Å². The Kier molecular flexibility index (Phi) is 4.04. The first kappa shape index (κ1) is 20.3. The van der Waals surface area contributed by atoms with Gasteiger partial charge in [-0.05, 0) is 35.4 Å². The number of carbonyl (C=O) groups is 2. The fraction of sp³-hybridized carbons (Fsp3) is 0.100. The zero-order valence-electron chi connectivity index (χ0n) is 19.2. The molecule has 168 valence electrons. The molecule has 3 aliphatic rings. The molecule has 1 aliphatic carbocycles. The summed E-state index contributed by atoms with van der Waals surface area (Å²) in [6.45, 7) is 4.45. The predicted octanol–water partition coefficient (Wildman–Crippen LogP) is 7.38. The van der Waals surface area contributed by atoms with Crippen LogP contribution in [0.4, 0.5) is 22.1 Å². The Morgan fingerprint density at radius 1 is 0.857 bits per heavy atom. The largest absolute Gasteiger partial charge is 0.298 e. The van der Waals surface area contributed by atoms with Crippen molar-refractivity contribution < 1.29 is 9.59 Å². The summed E-state index contributed by atoms with van der Waals surface area (Å²) in [5.41, 5.74) is 7.45. The molecule has 0 radical (unpaired) electrons. The Morgan fingerprint density at radius 3 is 2.34 bits per heavy atom. The number of allylic oxidation sites excluding steroid dienone is 1. The first-order valence-corrected chi connectivity index (χ1v) is 12.4. The van der Waals surface area contributed by atoms with Crippen molar-refractivity contribution >= 4 is 57.3 Å². The van der Waals surface area contributed by atoms with Crippen LogP contribution in [0.25, 0.3) is 6.08 Å². The summed E-state index contributed by atoms with van der Waals surface area (Å²) < 4.78 is 0. The molecular formula is C30H20N2O2S. The smallest absolute Gasteiger partial charge is 0.197 e. The van der Waals surface area contributed by atoms with Crippen molar-refractivity contribution in [2.75, 3.05) is 4.90 Å². The SMILES string of the molecule is CC1(C)c2cc(C=C3C(=O)c4ccccc4C3=O)sc2N2c3ccccc3C=Nc3cccc1c32. The van der Waals surface area contributed by atoms with E-state index in [9.17, 15) is 9.59 Å². The third kappa shape index (κ3) is 2.70. The summed E-state index contributed by atoms with van der Waals surface area (Å²) in [5.74, 6) is -0.398. The van der Waals surface area contributed by atoms with Crippen LogP contribution in [0.3, 0.4) is 0 Å². The third-order valence-corrected chi connectivity index (χ3v) is 8.30. The number of hydrogen-bond donors (Lipinski definition) is 0. The van der Waals surface area contributed by atoms with E-state index in [0.29, 0.717) is 11.1 Å². The molecular weight excluding hydrogens is 452 g/mol. The molecule has 0 bridgehead atoms. The maximum atomic E-state index is 13.0. The van der Waals surface area contributed by atoms with Crippen molar-refractivity contribution in [1.29, 1.82) is 0 Å². The van der Waals surface area contributed by atoms with Gasteiger partial charge in [0.05, 0.1) is 22.6 Å². The van der Waals surface area contributed by atoms with Crippen LogP contribution in [0.5, 0.6) is 0 Å². The highest BCUT2D eigenvalue weighted by atomic mass is 32.1. The zero-order chi connectivity index (χ0) is 23.9. The van der Waals surface area contributed by atoms with Gasteiger partial charge < -0.3 is 0 Å². The number of nitrogens with zero attached hydrogens (tertiary/aromatic N) is 2. The van der Waals surface area contributed by atoms with Crippen LogP contribution in [-0.4, -0.2) is 17.8 Å². The number of fused-ring (bicyclic) bond motifs is 5. The maximum absolute atomic E-state index is 13.0. The summed E-state index contributed by atoms with van der Waals surface area (Å²) in [6, 6.07) is 23.7. The van der Waals surface area contributed by atoms with Gasteiger partial charge >= 0.3 is 0 Å². The zero-order valence-corrected chi connectivity index (χ0v) is 20.0. The topological polar surface area (TPSA) is 49.7 Å². The highest BCUT2D eigenvalue weighted by Crippen LogP contribution is 2.58. The van der Waals surface area contributed by atoms with Crippen molar-refractivity contribution in [2.45, 2.75) is 19.3 Å². The lowest BCUT2D eigenvalue weighted by molar-refractivity contribution is 0.0990. The Labute approximate surface area is 206 Å². The second-order valence-corrected chi connectivity index (χ2v) is 10.6. The number of rotatable bonds is 1. The number of aliphatic imine (C=N–C) groups is 1. The molecule has 3 aromatic carbocycles. The molecule has 0 amide bonds. The molecule has 4 aromatic rings. The van der Waals surface area contributed by atoms with E-state index in [0.717, 1.165) is 32.5 Å². The highest BCUT2D eigenvalue weighted by molar-refractivity contribution is 7.17. The summed E-state index contributed by atoms with van der Waals surface area (Å²) >= 11 is 1.61. The molecule has 4 nitrogen and oxygen atoms in total. The molecule has 7 rings (SSSR count). The van der Waals surface area contributed by atoms with E-state index in [1.165, 1.54) is 11.1 Å². The second-order valence-electron chi connectivity index (χ2n) is 9.58. The van der Waals surface area contributed by atoms with Gasteiger partial charge in [0.1, 0.15) is 5.00 Å². The highest BCUT2D eigenvalue weighted by Gasteiger charge is 2.41. The van der Waals surface area contributed by atoms with Crippen LogP contribution in [0, 0.1) is 0 Å². The first-order chi connectivity index (χ1) is 16.9. The van der Waals surface area contributed by atoms with Gasteiger partial charge in [-0.3, -0.25) is 19.5 Å². The summed E-state index contributed by atoms with van der Waals surface area (Å²) in [6.07, 6.45) is 3.70. The first-order valence-electron chi connectivity index (χ1n) is 11.6. The third-order valence-electron chi connectivity index (χ3n) is 7.23. The van der Waals surface area contributed by atoms with Crippen LogP contribution >= 0.6 is 11.3 Å². The molecule has 0 unspecified atom stereocenters. The van der Waals surface area contributed by atoms with E-state index in [1.54, 1.807) is 41.7 Å². The number of ketones is 2. The minimum absolute atomic E-state index is 0.199. The quantitative estimate of drug-likeness (QED) is 0.189. The number of hydrogen-bond acceptors (Lipinski definition) is 5. The summed E-state index contributed by atoms with van der Waals surface area (Å²) in [5, 5.41) is 1.09. The normalized spacial score (nSPS) is 16.4. The van der Waals surface area contributed by atoms with Gasteiger partial charge in [-0.15, -0.1) is 11.3 Å². The lowest BCUT2D eigenvalue weighted by Crippen LogP contribution is -2.29. The molecule has 2 aliphatic heterocycles. The molecule has 0 spiro atoms. The molecule has 0 N–H and O–H groups in total. The minimum Gasteiger partial charge on any atom is -0.298 e. The van der Waals surface area contributed by atoms with E-state index in [2.05, 4.69) is 55.1 Å². The molecule has 0 atom stereocenters. The van der Waals surface area contributed by atoms with Gasteiger partial charge in [0.25, 0.3) is 0 Å². The van der Waals surface area contributed by atoms with Crippen molar-refractivity contribution in [3.63, 3.8) is 0 Å². The lowest BCUT2D eigenvalue weighted by Gasteiger charge is -2.40. The fourth-order valence-electron chi connectivity index (χ4n) is 5.42. The molecule has 3 heterocycles. The predicted molar refractivity (Wildman–Crippen MR) is 141 cm³/mol. The summed E-state index contributed by atoms with van der Waals surface area (Å²) in [4.78, 5) is 34.1. The van der Waals surface area contributed by atoms with Gasteiger partial charge in [0.15, 0.2) is 11.6 Å². The van der Waals surface area contributed by atoms with Crippen molar-refractivity contribution in [3.8, 4) is 0 Å². The minimum atomic E-state index is -0.272. The van der Waals surface area contributed by atoms with E-state index in [4.69, 9.17) is 4.99 Å². The fourth-order valence-corrected chi connectivity index (χ4v) is 6.70. The molecule has 0 saturated heterocycles. The Hall–Kier alpha value is -4.09. The average Bonchev–Trinajstić information content (AvgIpc) is 3.34. The van der Waals surface area contributed by atoms with Crippen LogP contribution in [0.1, 0.15) is 56.1 Å². The molecule has 35 heavy (non-hydrogen) atoms. The van der Waals surface area contributed by atoms with Crippen LogP contribution in [0.15, 0.2) is 83.4 Å². The Bertz CT molecular complexity index is 1630. The van der Waals surface area contributed by atoms with E-state index < -0.39 is 0 Å².